The Morgan fingerprint density at radius 3 is 2.75 bits per heavy atom. The molecule has 28 heavy (non-hydrogen) atoms. The van der Waals surface area contributed by atoms with Gasteiger partial charge in [-0.3, -0.25) is 4.68 Å². The monoisotopic (exact) mass is 400 g/mol. The van der Waals surface area contributed by atoms with Gasteiger partial charge in [-0.15, -0.1) is 11.3 Å². The lowest BCUT2D eigenvalue weighted by atomic mass is 9.64. The summed E-state index contributed by atoms with van der Waals surface area (Å²) in [5.41, 5.74) is 1.54. The van der Waals surface area contributed by atoms with Crippen LogP contribution in [0.3, 0.4) is 0 Å². The van der Waals surface area contributed by atoms with Crippen LogP contribution >= 0.6 is 11.3 Å². The molecule has 0 radical (unpaired) electrons. The normalized spacial score (nSPS) is 19.0. The van der Waals surface area contributed by atoms with Gasteiger partial charge < -0.3 is 5.11 Å². The van der Waals surface area contributed by atoms with Crippen LogP contribution in [0.2, 0.25) is 0 Å². The van der Waals surface area contributed by atoms with Crippen molar-refractivity contribution < 1.29 is 13.9 Å². The summed E-state index contributed by atoms with van der Waals surface area (Å²) < 4.78 is 28.4. The first-order valence-corrected chi connectivity index (χ1v) is 9.80. The number of fused-ring (bicyclic) bond motifs is 2. The highest BCUT2D eigenvalue weighted by Gasteiger charge is 2.57. The Labute approximate surface area is 163 Å². The van der Waals surface area contributed by atoms with Gasteiger partial charge in [0.2, 0.25) is 5.92 Å². The highest BCUT2D eigenvalue weighted by Crippen LogP contribution is 2.58. The molecule has 144 valence electrons. The Morgan fingerprint density at radius 1 is 1.21 bits per heavy atom. The fourth-order valence-corrected chi connectivity index (χ4v) is 5.27. The number of halogens is 2. The molecule has 1 saturated carbocycles. The summed E-state index contributed by atoms with van der Waals surface area (Å²) in [6, 6.07) is 7.69. The van der Waals surface area contributed by atoms with E-state index in [1.807, 2.05) is 37.5 Å². The van der Waals surface area contributed by atoms with Gasteiger partial charge in [0.15, 0.2) is 5.65 Å². The zero-order valence-corrected chi connectivity index (χ0v) is 16.2. The molecule has 1 N–H and O–H groups in total. The number of hydrogen-bond acceptors (Lipinski definition) is 5. The van der Waals surface area contributed by atoms with E-state index in [-0.39, 0.29) is 12.8 Å². The van der Waals surface area contributed by atoms with Crippen molar-refractivity contribution in [3.05, 3.63) is 41.5 Å². The zero-order valence-electron chi connectivity index (χ0n) is 15.4. The number of hydrogen-bond donors (Lipinski definition) is 1. The quantitative estimate of drug-likeness (QED) is 0.541. The first-order chi connectivity index (χ1) is 13.2. The number of alkyl halides is 2. The Hall–Kier alpha value is -2.45. The second-order valence-electron chi connectivity index (χ2n) is 7.95. The first kappa shape index (κ1) is 17.6. The second-order valence-corrected chi connectivity index (χ2v) is 9.01. The van der Waals surface area contributed by atoms with Gasteiger partial charge in [0.1, 0.15) is 4.83 Å². The standard InChI is InChI=1S/C20H18F2N4OS/c1-19(9-20(21,22)10-19)16(27)15-6-11-3-4-14(24-18(11)28-15)12-5-13-8-26(2)25-17(13)23-7-12/h3-8,16,27H,9-10H2,1-2H3/t16-/m1/s1. The molecule has 1 aliphatic rings. The van der Waals surface area contributed by atoms with E-state index in [1.165, 1.54) is 11.3 Å². The van der Waals surface area contributed by atoms with Crippen LogP contribution in [-0.2, 0) is 7.05 Å². The van der Waals surface area contributed by atoms with Gasteiger partial charge in [-0.1, -0.05) is 6.92 Å². The molecule has 8 heteroatoms. The highest BCUT2D eigenvalue weighted by molar-refractivity contribution is 7.18. The van der Waals surface area contributed by atoms with Crippen LogP contribution in [-0.4, -0.2) is 30.8 Å². The van der Waals surface area contributed by atoms with Gasteiger partial charge >= 0.3 is 0 Å². The van der Waals surface area contributed by atoms with Crippen LogP contribution in [0.15, 0.2) is 36.7 Å². The maximum Gasteiger partial charge on any atom is 0.249 e. The summed E-state index contributed by atoms with van der Waals surface area (Å²) in [7, 11) is 1.85. The smallest absolute Gasteiger partial charge is 0.249 e. The molecule has 0 amide bonds. The van der Waals surface area contributed by atoms with Crippen LogP contribution in [0, 0.1) is 5.41 Å². The lowest BCUT2D eigenvalue weighted by Gasteiger charge is -2.47. The molecule has 5 rings (SSSR count). The van der Waals surface area contributed by atoms with Crippen molar-refractivity contribution >= 4 is 32.6 Å². The molecule has 0 spiro atoms. The lowest BCUT2D eigenvalue weighted by Crippen LogP contribution is -2.47. The molecule has 0 aromatic carbocycles. The SMILES string of the molecule is Cn1cc2cc(-c3ccc4cc([C@@H](O)C5(C)CC(F)(F)C5)sc4n3)cnc2n1. The molecular formula is C20H18F2N4OS. The largest absolute Gasteiger partial charge is 0.387 e. The van der Waals surface area contributed by atoms with Gasteiger partial charge in [-0.05, 0) is 24.3 Å². The molecule has 1 atom stereocenters. The van der Waals surface area contributed by atoms with E-state index < -0.39 is 17.4 Å². The van der Waals surface area contributed by atoms with E-state index >= 15 is 0 Å². The van der Waals surface area contributed by atoms with Crippen molar-refractivity contribution in [2.24, 2.45) is 12.5 Å². The maximum atomic E-state index is 13.3. The Balaban J connectivity index is 1.49. The number of pyridine rings is 2. The molecule has 4 aromatic rings. The first-order valence-electron chi connectivity index (χ1n) is 8.99. The molecule has 1 fully saturated rings. The van der Waals surface area contributed by atoms with Crippen molar-refractivity contribution in [1.29, 1.82) is 0 Å². The Morgan fingerprint density at radius 2 is 2.00 bits per heavy atom. The highest BCUT2D eigenvalue weighted by atomic mass is 32.1. The lowest BCUT2D eigenvalue weighted by molar-refractivity contribution is -0.193. The van der Waals surface area contributed by atoms with Gasteiger partial charge in [0.25, 0.3) is 0 Å². The summed E-state index contributed by atoms with van der Waals surface area (Å²) in [5, 5.41) is 16.8. The van der Waals surface area contributed by atoms with Crippen molar-refractivity contribution in [2.45, 2.75) is 31.8 Å². The van der Waals surface area contributed by atoms with Crippen LogP contribution < -0.4 is 0 Å². The summed E-state index contributed by atoms with van der Waals surface area (Å²) in [6.45, 7) is 1.72. The Bertz CT molecular complexity index is 1210. The van der Waals surface area contributed by atoms with E-state index in [1.54, 1.807) is 17.8 Å². The molecular weight excluding hydrogens is 382 g/mol. The van der Waals surface area contributed by atoms with Gasteiger partial charge in [-0.2, -0.15) is 5.10 Å². The van der Waals surface area contributed by atoms with E-state index in [0.717, 1.165) is 26.9 Å². The van der Waals surface area contributed by atoms with Crippen LogP contribution in [0.1, 0.15) is 30.7 Å². The summed E-state index contributed by atoms with van der Waals surface area (Å²) >= 11 is 1.36. The average Bonchev–Trinajstić information content (AvgIpc) is 3.19. The molecule has 1 aliphatic carbocycles. The van der Waals surface area contributed by atoms with Crippen LogP contribution in [0.4, 0.5) is 8.78 Å². The third kappa shape index (κ3) is 2.79. The molecule has 0 aliphatic heterocycles. The fourth-order valence-electron chi connectivity index (χ4n) is 4.07. The Kier molecular flexibility index (Phi) is 3.64. The topological polar surface area (TPSA) is 63.8 Å². The number of aliphatic hydroxyl groups excluding tert-OH is 1. The average molecular weight is 400 g/mol. The minimum absolute atomic E-state index is 0.287. The van der Waals surface area contributed by atoms with Crippen molar-refractivity contribution in [3.8, 4) is 11.3 Å². The number of aromatic nitrogens is 4. The van der Waals surface area contributed by atoms with Gasteiger partial charge in [0.05, 0.1) is 11.8 Å². The van der Waals surface area contributed by atoms with E-state index in [4.69, 9.17) is 4.98 Å². The third-order valence-corrected chi connectivity index (χ3v) is 6.52. The predicted molar refractivity (Wildman–Crippen MR) is 104 cm³/mol. The second kappa shape index (κ2) is 5.78. The number of aryl methyl sites for hydroxylation is 1. The van der Waals surface area contributed by atoms with Crippen LogP contribution in [0.25, 0.3) is 32.5 Å². The summed E-state index contributed by atoms with van der Waals surface area (Å²) in [5.74, 6) is -2.67. The van der Waals surface area contributed by atoms with E-state index in [0.29, 0.717) is 10.5 Å². The molecule has 0 saturated heterocycles. The number of rotatable bonds is 3. The predicted octanol–water partition coefficient (Wildman–Crippen LogP) is 4.71. The van der Waals surface area contributed by atoms with Crippen molar-refractivity contribution in [3.63, 3.8) is 0 Å². The van der Waals surface area contributed by atoms with Crippen LogP contribution in [0.5, 0.6) is 0 Å². The van der Waals surface area contributed by atoms with E-state index in [9.17, 15) is 13.9 Å². The number of aliphatic hydroxyl groups is 1. The van der Waals surface area contributed by atoms with Crippen molar-refractivity contribution in [1.82, 2.24) is 19.7 Å². The molecule has 4 aromatic heterocycles. The zero-order chi connectivity index (χ0) is 19.7. The van der Waals surface area contributed by atoms with Gasteiger partial charge in [-0.25, -0.2) is 18.7 Å². The maximum absolute atomic E-state index is 13.3. The fraction of sp³-hybridized carbons (Fsp3) is 0.350. The summed E-state index contributed by atoms with van der Waals surface area (Å²) in [6.07, 6.45) is 2.15. The number of thiophene rings is 1. The minimum atomic E-state index is -2.67. The minimum Gasteiger partial charge on any atom is -0.387 e. The van der Waals surface area contributed by atoms with E-state index in [2.05, 4.69) is 10.1 Å². The molecule has 4 heterocycles. The molecule has 5 nitrogen and oxygen atoms in total. The summed E-state index contributed by atoms with van der Waals surface area (Å²) in [4.78, 5) is 10.5. The third-order valence-electron chi connectivity index (χ3n) is 5.43. The number of nitrogens with zero attached hydrogens (tertiary/aromatic N) is 4. The van der Waals surface area contributed by atoms with Crippen molar-refractivity contribution in [2.75, 3.05) is 0 Å². The molecule has 0 bridgehead atoms. The molecule has 0 unspecified atom stereocenters. The van der Waals surface area contributed by atoms with Gasteiger partial charge in [0, 0.05) is 58.9 Å².